The van der Waals surface area contributed by atoms with Crippen molar-refractivity contribution in [3.63, 3.8) is 0 Å². The van der Waals surface area contributed by atoms with Gasteiger partial charge in [0.25, 0.3) is 0 Å². The van der Waals surface area contributed by atoms with Crippen molar-refractivity contribution in [3.8, 4) is 28.3 Å². The van der Waals surface area contributed by atoms with Crippen molar-refractivity contribution in [1.29, 1.82) is 0 Å². The molecule has 2 N–H and O–H groups in total. The minimum absolute atomic E-state index is 0.142. The predicted molar refractivity (Wildman–Crippen MR) is 192 cm³/mol. The Balaban J connectivity index is 1.14. The van der Waals surface area contributed by atoms with Gasteiger partial charge >= 0.3 is 6.09 Å². The van der Waals surface area contributed by atoms with Crippen molar-refractivity contribution in [3.05, 3.63) is 81.1 Å². The molecule has 3 aliphatic rings. The molecule has 260 valence electrons. The zero-order valence-electron chi connectivity index (χ0n) is 28.2. The van der Waals surface area contributed by atoms with Crippen LogP contribution in [0.3, 0.4) is 0 Å². The molecule has 1 saturated heterocycles. The number of carbonyl (C=O) groups excluding carboxylic acids is 2. The number of amides is 2. The highest BCUT2D eigenvalue weighted by atomic mass is 35.5. The van der Waals surface area contributed by atoms with E-state index in [0.29, 0.717) is 52.3 Å². The zero-order chi connectivity index (χ0) is 34.7. The quantitative estimate of drug-likeness (QED) is 0.175. The fraction of sp³-hybridized carbons (Fsp3) is 0.395. The molecule has 2 amide bonds. The number of ether oxygens (including phenoxy) is 2. The average Bonchev–Trinajstić information content (AvgIpc) is 3.94. The number of imidazole rings is 1. The van der Waals surface area contributed by atoms with Crippen molar-refractivity contribution in [2.45, 2.75) is 76.6 Å². The van der Waals surface area contributed by atoms with Crippen LogP contribution in [0.5, 0.6) is 5.75 Å². The molecule has 5 heterocycles. The molecule has 1 aliphatic carbocycles. The number of alkyl carbamates (subject to hydrolysis) is 1. The van der Waals surface area contributed by atoms with Crippen LogP contribution in [-0.2, 0) is 9.53 Å². The molecule has 9 nitrogen and oxygen atoms in total. The number of thiophene rings is 1. The largest absolute Gasteiger partial charge is 0.464 e. The molecule has 2 aliphatic heterocycles. The maximum Gasteiger partial charge on any atom is 0.407 e. The molecule has 2 aromatic carbocycles. The van der Waals surface area contributed by atoms with Gasteiger partial charge in [-0.1, -0.05) is 38.3 Å². The molecule has 0 spiro atoms. The van der Waals surface area contributed by atoms with E-state index in [0.717, 1.165) is 27.9 Å². The van der Waals surface area contributed by atoms with Gasteiger partial charge in [-0.05, 0) is 86.1 Å². The van der Waals surface area contributed by atoms with E-state index in [1.807, 2.05) is 44.2 Å². The summed E-state index contributed by atoms with van der Waals surface area (Å²) in [5, 5.41) is 4.22. The van der Waals surface area contributed by atoms with Crippen LogP contribution in [0.1, 0.15) is 86.1 Å². The fourth-order valence-electron chi connectivity index (χ4n) is 7.87. The number of aromatic nitrogens is 3. The molecule has 5 aromatic rings. The number of carbonyl (C=O) groups is 2. The van der Waals surface area contributed by atoms with Crippen LogP contribution < -0.4 is 10.1 Å². The summed E-state index contributed by atoms with van der Waals surface area (Å²) in [7, 11) is 1.28. The van der Waals surface area contributed by atoms with Gasteiger partial charge in [0, 0.05) is 27.4 Å². The van der Waals surface area contributed by atoms with Crippen LogP contribution in [0.15, 0.2) is 54.7 Å². The minimum atomic E-state index is -0.735. The molecule has 1 saturated carbocycles. The molecule has 50 heavy (non-hydrogen) atoms. The smallest absolute Gasteiger partial charge is 0.407 e. The third-order valence-electron chi connectivity index (χ3n) is 10.4. The first kappa shape index (κ1) is 32.8. The fourth-order valence-corrected chi connectivity index (χ4v) is 9.25. The Morgan fingerprint density at radius 2 is 1.88 bits per heavy atom. The average molecular weight is 716 g/mol. The van der Waals surface area contributed by atoms with Gasteiger partial charge in [-0.2, -0.15) is 0 Å². The van der Waals surface area contributed by atoms with Crippen LogP contribution in [0, 0.1) is 11.7 Å². The van der Waals surface area contributed by atoms with Crippen molar-refractivity contribution in [2.24, 2.45) is 5.92 Å². The number of rotatable bonds is 7. The number of benzene rings is 2. The first-order valence-electron chi connectivity index (χ1n) is 17.3. The standard InChI is InChI=1S/C38H39ClFN5O4S/c1-20(2)34(43-38(47)48-3)36(46)44-14-6-9-28(44)35-41-19-26(42-35)22-16-25(40)33-29-17-23-15-24(39)10-11-27(23)45(29)37(49-30(33)18-22)32-13-12-31(50-32)21-7-4-5-8-21/h10-13,15-21,28,34,37H,4-9,14H2,1-3H3,(H,41,42)(H,43,47). The van der Waals surface area contributed by atoms with E-state index in [-0.39, 0.29) is 17.9 Å². The van der Waals surface area contributed by atoms with Gasteiger partial charge in [0.2, 0.25) is 12.1 Å². The number of fused-ring (bicyclic) bond motifs is 5. The van der Waals surface area contributed by atoms with E-state index in [1.54, 1.807) is 22.4 Å². The Hall–Kier alpha value is -4.35. The molecular weight excluding hydrogens is 677 g/mol. The SMILES string of the molecule is COC(=O)NC(C(=O)N1CCCC1c1ncc(-c2cc(F)c3c(c2)OC(c2ccc(C4CCCC4)s2)n2c-3cc3cc(Cl)ccc32)[nH]1)C(C)C. The van der Waals surface area contributed by atoms with Gasteiger partial charge in [-0.3, -0.25) is 9.36 Å². The summed E-state index contributed by atoms with van der Waals surface area (Å²) < 4.78 is 30.0. The zero-order valence-corrected chi connectivity index (χ0v) is 29.7. The first-order valence-corrected chi connectivity index (χ1v) is 18.5. The summed E-state index contributed by atoms with van der Waals surface area (Å²) in [6, 6.07) is 14.4. The van der Waals surface area contributed by atoms with E-state index >= 15 is 4.39 Å². The Morgan fingerprint density at radius 1 is 1.08 bits per heavy atom. The van der Waals surface area contributed by atoms with Gasteiger partial charge in [0.1, 0.15) is 23.4 Å². The van der Waals surface area contributed by atoms with Crippen molar-refractivity contribution < 1.29 is 23.5 Å². The number of aromatic amines is 1. The highest BCUT2D eigenvalue weighted by Crippen LogP contribution is 2.49. The summed E-state index contributed by atoms with van der Waals surface area (Å²) in [6.07, 6.45) is 6.99. The molecule has 8 rings (SSSR count). The molecule has 0 bridgehead atoms. The molecule has 3 atom stereocenters. The molecule has 3 unspecified atom stereocenters. The maximum absolute atomic E-state index is 16.4. The van der Waals surface area contributed by atoms with Crippen LogP contribution in [0.25, 0.3) is 33.4 Å². The number of likely N-dealkylation sites (tertiary alicyclic amines) is 1. The second-order valence-electron chi connectivity index (χ2n) is 13.9. The molecule has 2 fully saturated rings. The van der Waals surface area contributed by atoms with E-state index in [9.17, 15) is 9.59 Å². The maximum atomic E-state index is 16.4. The van der Waals surface area contributed by atoms with E-state index in [2.05, 4.69) is 32.0 Å². The number of H-pyrrole nitrogens is 1. The van der Waals surface area contributed by atoms with Gasteiger partial charge in [-0.15, -0.1) is 11.3 Å². The summed E-state index contributed by atoms with van der Waals surface area (Å²) in [5.41, 5.74) is 3.27. The Morgan fingerprint density at radius 3 is 2.66 bits per heavy atom. The second-order valence-corrected chi connectivity index (χ2v) is 15.4. The van der Waals surface area contributed by atoms with E-state index in [1.165, 1.54) is 43.7 Å². The van der Waals surface area contributed by atoms with Gasteiger partial charge in [0.05, 0.1) is 46.7 Å². The van der Waals surface area contributed by atoms with Crippen LogP contribution in [-0.4, -0.2) is 51.1 Å². The third-order valence-corrected chi connectivity index (χ3v) is 11.9. The second kappa shape index (κ2) is 13.1. The number of methoxy groups -OCH3 is 1. The van der Waals surface area contributed by atoms with Crippen LogP contribution >= 0.6 is 22.9 Å². The van der Waals surface area contributed by atoms with Crippen LogP contribution in [0.4, 0.5) is 9.18 Å². The Labute approximate surface area is 298 Å². The highest BCUT2D eigenvalue weighted by molar-refractivity contribution is 7.12. The molecule has 3 aromatic heterocycles. The van der Waals surface area contributed by atoms with Crippen molar-refractivity contribution in [2.75, 3.05) is 13.7 Å². The number of hydrogen-bond donors (Lipinski definition) is 2. The predicted octanol–water partition coefficient (Wildman–Crippen LogP) is 9.19. The van der Waals surface area contributed by atoms with Gasteiger partial charge in [0.15, 0.2) is 0 Å². The molecule has 12 heteroatoms. The molecular formula is C38H39ClFN5O4S. The summed E-state index contributed by atoms with van der Waals surface area (Å²) in [4.78, 5) is 37.9. The number of nitrogens with one attached hydrogen (secondary N) is 2. The lowest BCUT2D eigenvalue weighted by molar-refractivity contribution is -0.135. The van der Waals surface area contributed by atoms with E-state index < -0.39 is 24.2 Å². The van der Waals surface area contributed by atoms with E-state index in [4.69, 9.17) is 21.1 Å². The lowest BCUT2D eigenvalue weighted by Gasteiger charge is -2.30. The topological polar surface area (TPSA) is 101 Å². The Kier molecular flexibility index (Phi) is 8.59. The Bertz CT molecular complexity index is 2100. The minimum Gasteiger partial charge on any atom is -0.464 e. The lowest BCUT2D eigenvalue weighted by atomic mass is 10.0. The normalized spacial score (nSPS) is 19.4. The van der Waals surface area contributed by atoms with Crippen LogP contribution in [0.2, 0.25) is 5.02 Å². The third kappa shape index (κ3) is 5.74. The summed E-state index contributed by atoms with van der Waals surface area (Å²) in [5.74, 6) is 0.895. The number of hydrogen-bond acceptors (Lipinski definition) is 6. The van der Waals surface area contributed by atoms with Gasteiger partial charge < -0.3 is 24.7 Å². The number of halogens is 2. The summed E-state index contributed by atoms with van der Waals surface area (Å²) >= 11 is 8.18. The first-order chi connectivity index (χ1) is 24.2. The number of nitrogens with zero attached hydrogens (tertiary/aromatic N) is 3. The van der Waals surface area contributed by atoms with Gasteiger partial charge in [-0.25, -0.2) is 14.2 Å². The lowest BCUT2D eigenvalue weighted by Crippen LogP contribution is -2.51. The van der Waals surface area contributed by atoms with Crippen molar-refractivity contribution >= 4 is 45.8 Å². The highest BCUT2D eigenvalue weighted by Gasteiger charge is 2.38. The monoisotopic (exact) mass is 715 g/mol. The van der Waals surface area contributed by atoms with Crippen molar-refractivity contribution in [1.82, 2.24) is 24.8 Å². The molecule has 0 radical (unpaired) electrons. The summed E-state index contributed by atoms with van der Waals surface area (Å²) in [6.45, 7) is 4.31.